The topological polar surface area (TPSA) is 43.4 Å². The Balaban J connectivity index is 1.94. The number of carbonyl (C=O) groups is 2. The lowest BCUT2D eigenvalue weighted by molar-refractivity contribution is -0.145. The predicted molar refractivity (Wildman–Crippen MR) is 110 cm³/mol. The predicted octanol–water partition coefficient (Wildman–Crippen LogP) is 5.32. The molecule has 3 aromatic carbocycles. The van der Waals surface area contributed by atoms with E-state index in [1.807, 2.05) is 81.4 Å². The summed E-state index contributed by atoms with van der Waals surface area (Å²) in [4.78, 5) is 26.4. The molecule has 0 aliphatic heterocycles. The highest BCUT2D eigenvalue weighted by molar-refractivity contribution is 6.14. The Kier molecular flexibility index (Phi) is 6.05. The van der Waals surface area contributed by atoms with Crippen LogP contribution in [0.15, 0.2) is 72.8 Å². The number of ketones is 1. The molecular formula is C25H24O3. The van der Waals surface area contributed by atoms with Crippen LogP contribution >= 0.6 is 0 Å². The molecule has 3 heteroatoms. The summed E-state index contributed by atoms with van der Waals surface area (Å²) in [6.45, 7) is 5.95. The molecule has 0 N–H and O–H groups in total. The van der Waals surface area contributed by atoms with Gasteiger partial charge in [-0.2, -0.15) is 0 Å². The van der Waals surface area contributed by atoms with Gasteiger partial charge in [0, 0.05) is 5.56 Å². The molecule has 1 unspecified atom stereocenters. The van der Waals surface area contributed by atoms with E-state index in [0.29, 0.717) is 11.1 Å². The van der Waals surface area contributed by atoms with Crippen LogP contribution in [0, 0.1) is 20.8 Å². The third-order valence-electron chi connectivity index (χ3n) is 4.78. The van der Waals surface area contributed by atoms with Crippen LogP contribution in [0.4, 0.5) is 0 Å². The van der Waals surface area contributed by atoms with Crippen LogP contribution in [-0.2, 0) is 16.1 Å². The lowest BCUT2D eigenvalue weighted by atomic mass is 9.86. The first-order valence-electron chi connectivity index (χ1n) is 9.35. The molecule has 0 radical (unpaired) electrons. The molecule has 1 atom stereocenters. The first kappa shape index (κ1) is 19.6. The fourth-order valence-corrected chi connectivity index (χ4v) is 3.57. The van der Waals surface area contributed by atoms with Crippen molar-refractivity contribution in [2.24, 2.45) is 0 Å². The van der Waals surface area contributed by atoms with Crippen LogP contribution in [0.3, 0.4) is 0 Å². The van der Waals surface area contributed by atoms with E-state index in [0.717, 1.165) is 22.3 Å². The number of esters is 1. The average Bonchev–Trinajstić information content (AvgIpc) is 2.67. The minimum absolute atomic E-state index is 0.141. The highest BCUT2D eigenvalue weighted by atomic mass is 16.5. The van der Waals surface area contributed by atoms with Crippen LogP contribution in [0.5, 0.6) is 0 Å². The zero-order valence-electron chi connectivity index (χ0n) is 16.4. The SMILES string of the molecule is Cc1cc(C)c(C(=O)C(C(=O)OCc2ccccc2)c2ccccc2)c(C)c1. The standard InChI is InChI=1S/C25H24O3/c1-17-14-18(2)22(19(3)15-17)24(26)23(21-12-8-5-9-13-21)25(27)28-16-20-10-6-4-7-11-20/h4-15,23H,16H2,1-3H3. The van der Waals surface area contributed by atoms with Crippen molar-refractivity contribution >= 4 is 11.8 Å². The van der Waals surface area contributed by atoms with Gasteiger partial charge < -0.3 is 4.74 Å². The van der Waals surface area contributed by atoms with Crippen molar-refractivity contribution in [2.45, 2.75) is 33.3 Å². The van der Waals surface area contributed by atoms with Crippen molar-refractivity contribution in [2.75, 3.05) is 0 Å². The van der Waals surface area contributed by atoms with Gasteiger partial charge in [-0.15, -0.1) is 0 Å². The second-order valence-electron chi connectivity index (χ2n) is 7.07. The molecule has 3 rings (SSSR count). The van der Waals surface area contributed by atoms with E-state index in [2.05, 4.69) is 0 Å². The van der Waals surface area contributed by atoms with Gasteiger partial charge in [0.25, 0.3) is 0 Å². The first-order chi connectivity index (χ1) is 13.5. The Bertz CT molecular complexity index is 952. The molecule has 0 saturated carbocycles. The number of carbonyl (C=O) groups excluding carboxylic acids is 2. The molecule has 0 aliphatic rings. The van der Waals surface area contributed by atoms with Crippen molar-refractivity contribution in [3.05, 3.63) is 106 Å². The van der Waals surface area contributed by atoms with Gasteiger partial charge in [0.05, 0.1) is 0 Å². The van der Waals surface area contributed by atoms with Crippen molar-refractivity contribution in [3.63, 3.8) is 0 Å². The Morgan fingerprint density at radius 2 is 1.36 bits per heavy atom. The van der Waals surface area contributed by atoms with Gasteiger partial charge in [-0.05, 0) is 43.0 Å². The van der Waals surface area contributed by atoms with Crippen molar-refractivity contribution in [1.82, 2.24) is 0 Å². The van der Waals surface area contributed by atoms with Crippen LogP contribution in [-0.4, -0.2) is 11.8 Å². The first-order valence-corrected chi connectivity index (χ1v) is 9.35. The average molecular weight is 372 g/mol. The lowest BCUT2D eigenvalue weighted by Gasteiger charge is -2.18. The molecule has 0 amide bonds. The highest BCUT2D eigenvalue weighted by Gasteiger charge is 2.32. The normalized spacial score (nSPS) is 11.7. The summed E-state index contributed by atoms with van der Waals surface area (Å²) in [5, 5.41) is 0. The fourth-order valence-electron chi connectivity index (χ4n) is 3.57. The van der Waals surface area contributed by atoms with Gasteiger partial charge in [0.2, 0.25) is 0 Å². The zero-order valence-corrected chi connectivity index (χ0v) is 16.4. The van der Waals surface area contributed by atoms with E-state index < -0.39 is 11.9 Å². The molecule has 3 aromatic rings. The number of Topliss-reactive ketones (excluding diaryl/α,β-unsaturated/α-hetero) is 1. The quantitative estimate of drug-likeness (QED) is 0.334. The number of hydrogen-bond donors (Lipinski definition) is 0. The third kappa shape index (κ3) is 4.37. The molecule has 0 aliphatic carbocycles. The van der Waals surface area contributed by atoms with Gasteiger partial charge >= 0.3 is 5.97 Å². The molecule has 142 valence electrons. The van der Waals surface area contributed by atoms with E-state index in [9.17, 15) is 9.59 Å². The van der Waals surface area contributed by atoms with Crippen molar-refractivity contribution < 1.29 is 14.3 Å². The molecule has 0 fully saturated rings. The van der Waals surface area contributed by atoms with Gasteiger partial charge in [0.1, 0.15) is 12.5 Å². The monoisotopic (exact) mass is 372 g/mol. The van der Waals surface area contributed by atoms with E-state index in [-0.39, 0.29) is 12.4 Å². The van der Waals surface area contributed by atoms with Crippen LogP contribution < -0.4 is 0 Å². The van der Waals surface area contributed by atoms with Crippen LogP contribution in [0.1, 0.15) is 44.1 Å². The molecule has 0 bridgehead atoms. The summed E-state index contributed by atoms with van der Waals surface area (Å²) in [5.41, 5.74) is 4.96. The van der Waals surface area contributed by atoms with Gasteiger partial charge in [-0.25, -0.2) is 0 Å². The smallest absolute Gasteiger partial charge is 0.321 e. The number of benzene rings is 3. The molecule has 3 nitrogen and oxygen atoms in total. The Hall–Kier alpha value is -3.20. The number of ether oxygens (including phenoxy) is 1. The van der Waals surface area contributed by atoms with Crippen molar-refractivity contribution in [1.29, 1.82) is 0 Å². The van der Waals surface area contributed by atoms with E-state index in [1.165, 1.54) is 0 Å². The summed E-state index contributed by atoms with van der Waals surface area (Å²) in [7, 11) is 0. The largest absolute Gasteiger partial charge is 0.460 e. The minimum atomic E-state index is -0.981. The molecule has 0 heterocycles. The molecule has 0 aromatic heterocycles. The molecule has 0 saturated heterocycles. The van der Waals surface area contributed by atoms with Gasteiger partial charge in [-0.3, -0.25) is 9.59 Å². The van der Waals surface area contributed by atoms with Gasteiger partial charge in [0.15, 0.2) is 5.78 Å². The molecular weight excluding hydrogens is 348 g/mol. The van der Waals surface area contributed by atoms with Gasteiger partial charge in [-0.1, -0.05) is 78.4 Å². The maximum absolute atomic E-state index is 13.5. The van der Waals surface area contributed by atoms with Crippen LogP contribution in [0.25, 0.3) is 0 Å². The third-order valence-corrected chi connectivity index (χ3v) is 4.78. The second kappa shape index (κ2) is 8.66. The summed E-state index contributed by atoms with van der Waals surface area (Å²) in [5.74, 6) is -1.73. The van der Waals surface area contributed by atoms with E-state index >= 15 is 0 Å². The molecule has 28 heavy (non-hydrogen) atoms. The number of rotatable bonds is 6. The lowest BCUT2D eigenvalue weighted by Crippen LogP contribution is -2.25. The summed E-state index contributed by atoms with van der Waals surface area (Å²) >= 11 is 0. The Morgan fingerprint density at radius 1 is 0.821 bits per heavy atom. The summed E-state index contributed by atoms with van der Waals surface area (Å²) in [6.07, 6.45) is 0. The summed E-state index contributed by atoms with van der Waals surface area (Å²) in [6, 6.07) is 22.5. The van der Waals surface area contributed by atoms with Crippen LogP contribution in [0.2, 0.25) is 0 Å². The summed E-state index contributed by atoms with van der Waals surface area (Å²) < 4.78 is 5.53. The molecule has 0 spiro atoms. The maximum Gasteiger partial charge on any atom is 0.321 e. The number of aryl methyl sites for hydroxylation is 3. The second-order valence-corrected chi connectivity index (χ2v) is 7.07. The fraction of sp³-hybridized carbons (Fsp3) is 0.200. The van der Waals surface area contributed by atoms with E-state index in [4.69, 9.17) is 4.74 Å². The van der Waals surface area contributed by atoms with E-state index in [1.54, 1.807) is 12.1 Å². The number of hydrogen-bond acceptors (Lipinski definition) is 3. The minimum Gasteiger partial charge on any atom is -0.460 e. The Morgan fingerprint density at radius 3 is 1.93 bits per heavy atom. The Labute approximate surface area is 166 Å². The van der Waals surface area contributed by atoms with Crippen molar-refractivity contribution in [3.8, 4) is 0 Å². The zero-order chi connectivity index (χ0) is 20.1. The maximum atomic E-state index is 13.5. The highest BCUT2D eigenvalue weighted by Crippen LogP contribution is 2.27.